The lowest BCUT2D eigenvalue weighted by Crippen LogP contribution is -2.12. The van der Waals surface area contributed by atoms with Crippen molar-refractivity contribution in [3.8, 4) is 0 Å². The summed E-state index contributed by atoms with van der Waals surface area (Å²) in [4.78, 5) is 22.1. The molecule has 0 aromatic carbocycles. The van der Waals surface area contributed by atoms with Crippen molar-refractivity contribution >= 4 is 33.0 Å². The average molecular weight is 310 g/mol. The molecule has 92 valence electrons. The second kappa shape index (κ2) is 3.98. The van der Waals surface area contributed by atoms with Crippen LogP contribution in [0.15, 0.2) is 32.3 Å². The first-order chi connectivity index (χ1) is 8.63. The second-order valence-electron chi connectivity index (χ2n) is 3.70. The Morgan fingerprint density at radius 2 is 2.33 bits per heavy atom. The number of halogens is 1. The van der Waals surface area contributed by atoms with E-state index in [9.17, 15) is 4.79 Å². The van der Waals surface area contributed by atoms with Gasteiger partial charge in [-0.15, -0.1) is 0 Å². The molecule has 0 saturated carbocycles. The van der Waals surface area contributed by atoms with Gasteiger partial charge in [-0.25, -0.2) is 4.98 Å². The Labute approximate surface area is 109 Å². The van der Waals surface area contributed by atoms with Crippen molar-refractivity contribution in [2.24, 2.45) is 0 Å². The normalized spacial score (nSPS) is 11.2. The molecule has 0 amide bonds. The predicted molar refractivity (Wildman–Crippen MR) is 68.1 cm³/mol. The van der Waals surface area contributed by atoms with Crippen LogP contribution in [0.3, 0.4) is 0 Å². The maximum absolute atomic E-state index is 11.6. The summed E-state index contributed by atoms with van der Waals surface area (Å²) >= 11 is 3.23. The van der Waals surface area contributed by atoms with Gasteiger partial charge in [-0.05, 0) is 28.1 Å². The van der Waals surface area contributed by atoms with Crippen molar-refractivity contribution in [1.29, 1.82) is 0 Å². The van der Waals surface area contributed by atoms with Gasteiger partial charge in [0.25, 0.3) is 5.56 Å². The summed E-state index contributed by atoms with van der Waals surface area (Å²) in [6, 6.07) is 3.62. The molecule has 3 heterocycles. The quantitative estimate of drug-likeness (QED) is 0.738. The number of anilines is 1. The largest absolute Gasteiger partial charge is 0.452 e. The molecule has 3 aromatic rings. The standard InChI is InChI=1S/C10H8BrN5O2/c11-6-2-1-5(18-6)3-16-4-13-7-8(16)14-10(12)15-9(7)17/h1-2,4H,3H2,(H3,12,14,15,17). The van der Waals surface area contributed by atoms with Crippen molar-refractivity contribution < 1.29 is 4.42 Å². The minimum Gasteiger partial charge on any atom is -0.452 e. The molecule has 8 heteroatoms. The maximum atomic E-state index is 11.6. The van der Waals surface area contributed by atoms with Gasteiger partial charge in [-0.2, -0.15) is 4.98 Å². The number of hydrogen-bond donors (Lipinski definition) is 2. The number of aromatic nitrogens is 4. The van der Waals surface area contributed by atoms with E-state index in [4.69, 9.17) is 10.2 Å². The van der Waals surface area contributed by atoms with Crippen LogP contribution in [-0.4, -0.2) is 19.5 Å². The molecule has 18 heavy (non-hydrogen) atoms. The number of imidazole rings is 1. The SMILES string of the molecule is Nc1nc2c(ncn2Cc2ccc(Br)o2)c(=O)[nH]1. The van der Waals surface area contributed by atoms with Gasteiger partial charge in [-0.3, -0.25) is 9.78 Å². The summed E-state index contributed by atoms with van der Waals surface area (Å²) in [6.45, 7) is 0.429. The lowest BCUT2D eigenvalue weighted by Gasteiger charge is -2.00. The predicted octanol–water partition coefficient (Wildman–Crippen LogP) is 1.11. The Hall–Kier alpha value is -2.09. The monoisotopic (exact) mass is 309 g/mol. The van der Waals surface area contributed by atoms with Crippen LogP contribution >= 0.6 is 15.9 Å². The molecule has 3 aromatic heterocycles. The van der Waals surface area contributed by atoms with Crippen LogP contribution in [-0.2, 0) is 6.54 Å². The number of nitrogen functional groups attached to an aromatic ring is 1. The number of nitrogens with zero attached hydrogens (tertiary/aromatic N) is 3. The second-order valence-corrected chi connectivity index (χ2v) is 4.48. The first-order valence-corrected chi connectivity index (χ1v) is 5.87. The summed E-state index contributed by atoms with van der Waals surface area (Å²) < 4.78 is 7.74. The van der Waals surface area contributed by atoms with Crippen molar-refractivity contribution in [2.45, 2.75) is 6.54 Å². The van der Waals surface area contributed by atoms with Gasteiger partial charge in [0.2, 0.25) is 5.95 Å². The highest BCUT2D eigenvalue weighted by molar-refractivity contribution is 9.10. The van der Waals surface area contributed by atoms with E-state index in [1.807, 2.05) is 6.07 Å². The first kappa shape index (κ1) is 11.0. The van der Waals surface area contributed by atoms with Crippen LogP contribution in [0.25, 0.3) is 11.2 Å². The van der Waals surface area contributed by atoms with Gasteiger partial charge in [0.15, 0.2) is 15.8 Å². The average Bonchev–Trinajstić information content (AvgIpc) is 2.87. The van der Waals surface area contributed by atoms with Crippen LogP contribution in [0.2, 0.25) is 0 Å². The molecule has 3 rings (SSSR count). The van der Waals surface area contributed by atoms with Gasteiger partial charge < -0.3 is 14.7 Å². The number of hydrogen-bond acceptors (Lipinski definition) is 5. The number of H-pyrrole nitrogens is 1. The lowest BCUT2D eigenvalue weighted by atomic mass is 10.4. The molecular formula is C10H8BrN5O2. The van der Waals surface area contributed by atoms with Crippen LogP contribution < -0.4 is 11.3 Å². The summed E-state index contributed by atoms with van der Waals surface area (Å²) in [5.41, 5.74) is 5.85. The molecule has 0 unspecified atom stereocenters. The Kier molecular flexibility index (Phi) is 2.44. The van der Waals surface area contributed by atoms with Crippen LogP contribution in [0.5, 0.6) is 0 Å². The highest BCUT2D eigenvalue weighted by Gasteiger charge is 2.10. The van der Waals surface area contributed by atoms with Crippen LogP contribution in [0, 0.1) is 0 Å². The highest BCUT2D eigenvalue weighted by atomic mass is 79.9. The van der Waals surface area contributed by atoms with E-state index in [-0.39, 0.29) is 17.0 Å². The molecule has 3 N–H and O–H groups in total. The number of nitrogens with one attached hydrogen (secondary N) is 1. The summed E-state index contributed by atoms with van der Waals surface area (Å²) in [7, 11) is 0. The fourth-order valence-corrected chi connectivity index (χ4v) is 2.03. The molecular weight excluding hydrogens is 302 g/mol. The minimum atomic E-state index is -0.350. The number of fused-ring (bicyclic) bond motifs is 1. The van der Waals surface area contributed by atoms with E-state index < -0.39 is 0 Å². The minimum absolute atomic E-state index is 0.0647. The highest BCUT2D eigenvalue weighted by Crippen LogP contribution is 2.16. The molecule has 0 aliphatic rings. The Balaban J connectivity index is 2.10. The summed E-state index contributed by atoms with van der Waals surface area (Å²) in [5, 5.41) is 0. The van der Waals surface area contributed by atoms with E-state index in [1.165, 1.54) is 6.33 Å². The van der Waals surface area contributed by atoms with E-state index in [0.717, 1.165) is 5.76 Å². The number of nitrogens with two attached hydrogens (primary N) is 1. The van der Waals surface area contributed by atoms with E-state index >= 15 is 0 Å². The van der Waals surface area contributed by atoms with Gasteiger partial charge in [0.05, 0.1) is 12.9 Å². The Morgan fingerprint density at radius 3 is 3.06 bits per heavy atom. The van der Waals surface area contributed by atoms with E-state index in [2.05, 4.69) is 30.9 Å². The van der Waals surface area contributed by atoms with Crippen LogP contribution in [0.1, 0.15) is 5.76 Å². The van der Waals surface area contributed by atoms with Gasteiger partial charge in [-0.1, -0.05) is 0 Å². The number of aromatic amines is 1. The number of rotatable bonds is 2. The van der Waals surface area contributed by atoms with Crippen molar-refractivity contribution in [2.75, 3.05) is 5.73 Å². The zero-order valence-corrected chi connectivity index (χ0v) is 10.6. The van der Waals surface area contributed by atoms with Crippen molar-refractivity contribution in [1.82, 2.24) is 19.5 Å². The van der Waals surface area contributed by atoms with Crippen molar-refractivity contribution in [3.63, 3.8) is 0 Å². The molecule has 0 radical (unpaired) electrons. The van der Waals surface area contributed by atoms with Gasteiger partial charge in [0.1, 0.15) is 5.76 Å². The fourth-order valence-electron chi connectivity index (χ4n) is 1.69. The third kappa shape index (κ3) is 1.80. The summed E-state index contributed by atoms with van der Waals surface area (Å²) in [6.07, 6.45) is 1.53. The van der Waals surface area contributed by atoms with Crippen LogP contribution in [0.4, 0.5) is 5.95 Å². The van der Waals surface area contributed by atoms with Crippen molar-refractivity contribution in [3.05, 3.63) is 39.2 Å². The van der Waals surface area contributed by atoms with Gasteiger partial charge in [0, 0.05) is 0 Å². The summed E-state index contributed by atoms with van der Waals surface area (Å²) in [5.74, 6) is 0.789. The third-order valence-corrected chi connectivity index (χ3v) is 2.87. The Bertz CT molecular complexity index is 772. The molecule has 0 aliphatic carbocycles. The first-order valence-electron chi connectivity index (χ1n) is 5.08. The molecule has 7 nitrogen and oxygen atoms in total. The maximum Gasteiger partial charge on any atom is 0.280 e. The molecule has 0 fully saturated rings. The number of furan rings is 1. The van der Waals surface area contributed by atoms with E-state index in [1.54, 1.807) is 10.6 Å². The Morgan fingerprint density at radius 1 is 1.50 bits per heavy atom. The molecule has 0 bridgehead atoms. The smallest absolute Gasteiger partial charge is 0.280 e. The fraction of sp³-hybridized carbons (Fsp3) is 0.100. The van der Waals surface area contributed by atoms with E-state index in [0.29, 0.717) is 16.9 Å². The lowest BCUT2D eigenvalue weighted by molar-refractivity contribution is 0.476. The van der Waals surface area contributed by atoms with Gasteiger partial charge >= 0.3 is 0 Å². The zero-order valence-electron chi connectivity index (χ0n) is 9.05. The molecule has 0 spiro atoms. The topological polar surface area (TPSA) is 103 Å². The molecule has 0 atom stereocenters. The third-order valence-electron chi connectivity index (χ3n) is 2.45. The molecule has 0 aliphatic heterocycles. The molecule has 0 saturated heterocycles. The zero-order chi connectivity index (χ0) is 12.7.